The Labute approximate surface area is 196 Å². The summed E-state index contributed by atoms with van der Waals surface area (Å²) in [5, 5.41) is 5.31. The predicted octanol–water partition coefficient (Wildman–Crippen LogP) is 1.95. The average molecular weight is 506 g/mol. The molecular formula is C21H35N3O7S2. The van der Waals surface area contributed by atoms with E-state index in [0.29, 0.717) is 5.69 Å². The van der Waals surface area contributed by atoms with Crippen LogP contribution in [0.25, 0.3) is 0 Å². The third-order valence-corrected chi connectivity index (χ3v) is 6.38. The first-order chi connectivity index (χ1) is 14.9. The summed E-state index contributed by atoms with van der Waals surface area (Å²) >= 11 is 0. The normalized spacial score (nSPS) is 14.9. The van der Waals surface area contributed by atoms with E-state index in [0.717, 1.165) is 12.0 Å². The van der Waals surface area contributed by atoms with E-state index in [1.807, 2.05) is 19.9 Å². The summed E-state index contributed by atoms with van der Waals surface area (Å²) in [6, 6.07) is 3.47. The number of amides is 1. The summed E-state index contributed by atoms with van der Waals surface area (Å²) < 4.78 is 61.4. The SMILES string of the molecule is CCC(C)(/C=C/C(C)(C)C)c1cc(CNCCS(=O)(=O)O)nc(C(=O)NCCS(=O)(=O)O)c1. The lowest BCUT2D eigenvalue weighted by Gasteiger charge is -2.28. The Hall–Kier alpha value is -1.86. The van der Waals surface area contributed by atoms with Gasteiger partial charge in [0.15, 0.2) is 0 Å². The number of hydrogen-bond donors (Lipinski definition) is 4. The first kappa shape index (κ1) is 29.2. The highest BCUT2D eigenvalue weighted by Crippen LogP contribution is 2.32. The Bertz CT molecular complexity index is 1060. The highest BCUT2D eigenvalue weighted by molar-refractivity contribution is 7.86. The van der Waals surface area contributed by atoms with Gasteiger partial charge in [-0.25, -0.2) is 4.98 Å². The Morgan fingerprint density at radius 1 is 1.00 bits per heavy atom. The van der Waals surface area contributed by atoms with Crippen LogP contribution in [0.5, 0.6) is 0 Å². The van der Waals surface area contributed by atoms with Gasteiger partial charge in [0.05, 0.1) is 17.2 Å². The molecule has 0 saturated carbocycles. The minimum atomic E-state index is -4.22. The quantitative estimate of drug-likeness (QED) is 0.189. The summed E-state index contributed by atoms with van der Waals surface area (Å²) in [5.41, 5.74) is 0.875. The number of aromatic nitrogens is 1. The molecule has 0 radical (unpaired) electrons. The van der Waals surface area contributed by atoms with Gasteiger partial charge < -0.3 is 10.6 Å². The van der Waals surface area contributed by atoms with Crippen molar-refractivity contribution in [2.45, 2.75) is 53.0 Å². The monoisotopic (exact) mass is 505 g/mol. The zero-order valence-electron chi connectivity index (χ0n) is 19.8. The summed E-state index contributed by atoms with van der Waals surface area (Å²) in [6.45, 7) is 10.1. The van der Waals surface area contributed by atoms with Crippen molar-refractivity contribution in [3.63, 3.8) is 0 Å². The molecule has 0 bridgehead atoms. The van der Waals surface area contributed by atoms with Crippen LogP contribution in [-0.2, 0) is 32.2 Å². The van der Waals surface area contributed by atoms with Gasteiger partial charge >= 0.3 is 0 Å². The lowest BCUT2D eigenvalue weighted by atomic mass is 9.77. The van der Waals surface area contributed by atoms with E-state index in [-0.39, 0.29) is 30.7 Å². The zero-order chi connectivity index (χ0) is 25.5. The highest BCUT2D eigenvalue weighted by Gasteiger charge is 2.25. The lowest BCUT2D eigenvalue weighted by molar-refractivity contribution is 0.0950. The number of hydrogen-bond acceptors (Lipinski definition) is 7. The van der Waals surface area contributed by atoms with Gasteiger partial charge in [-0.3, -0.25) is 13.9 Å². The molecule has 10 nitrogen and oxygen atoms in total. The molecule has 0 aromatic carbocycles. The molecule has 12 heteroatoms. The van der Waals surface area contributed by atoms with Crippen LogP contribution in [0.3, 0.4) is 0 Å². The van der Waals surface area contributed by atoms with E-state index in [4.69, 9.17) is 9.11 Å². The molecule has 0 aliphatic carbocycles. The van der Waals surface area contributed by atoms with Gasteiger partial charge in [0, 0.05) is 25.0 Å². The second kappa shape index (κ2) is 11.5. The van der Waals surface area contributed by atoms with Crippen molar-refractivity contribution in [1.29, 1.82) is 0 Å². The van der Waals surface area contributed by atoms with Crippen molar-refractivity contribution in [2.24, 2.45) is 5.41 Å². The number of nitrogens with one attached hydrogen (secondary N) is 2. The van der Waals surface area contributed by atoms with Crippen LogP contribution in [0.4, 0.5) is 0 Å². The standard InChI is InChI=1S/C21H35N3O7S2/c1-6-21(5,8-7-20(2,3)4)16-13-17(15-22-9-11-32(26,27)28)24-18(14-16)19(25)23-10-12-33(29,30)31/h7-8,13-14,22H,6,9-12,15H2,1-5H3,(H,23,25)(H,26,27,28)(H,29,30,31)/b8-7+. The van der Waals surface area contributed by atoms with E-state index in [9.17, 15) is 21.6 Å². The molecule has 1 unspecified atom stereocenters. The molecule has 0 spiro atoms. The first-order valence-corrected chi connectivity index (χ1v) is 13.8. The molecule has 0 aliphatic heterocycles. The van der Waals surface area contributed by atoms with Crippen molar-refractivity contribution in [1.82, 2.24) is 15.6 Å². The van der Waals surface area contributed by atoms with Gasteiger partial charge in [0.25, 0.3) is 26.1 Å². The molecule has 0 fully saturated rings. The van der Waals surface area contributed by atoms with Crippen LogP contribution in [-0.4, -0.2) is 61.4 Å². The molecule has 1 aromatic heterocycles. The van der Waals surface area contributed by atoms with Gasteiger partial charge in [-0.15, -0.1) is 0 Å². The van der Waals surface area contributed by atoms with E-state index in [1.54, 1.807) is 6.07 Å². The maximum atomic E-state index is 12.6. The molecule has 1 atom stereocenters. The molecule has 1 rings (SSSR count). The van der Waals surface area contributed by atoms with Gasteiger partial charge in [0.2, 0.25) is 0 Å². The Morgan fingerprint density at radius 2 is 1.58 bits per heavy atom. The van der Waals surface area contributed by atoms with E-state index in [2.05, 4.69) is 48.5 Å². The molecule has 33 heavy (non-hydrogen) atoms. The molecule has 1 aromatic rings. The molecule has 0 saturated heterocycles. The van der Waals surface area contributed by atoms with Crippen LogP contribution >= 0.6 is 0 Å². The highest BCUT2D eigenvalue weighted by atomic mass is 32.2. The average Bonchev–Trinajstić information content (AvgIpc) is 2.67. The maximum absolute atomic E-state index is 12.6. The minimum absolute atomic E-state index is 0.00436. The first-order valence-electron chi connectivity index (χ1n) is 10.6. The maximum Gasteiger partial charge on any atom is 0.269 e. The molecule has 0 aliphatic rings. The minimum Gasteiger partial charge on any atom is -0.350 e. The number of pyridine rings is 1. The number of rotatable bonds is 12. The lowest BCUT2D eigenvalue weighted by Crippen LogP contribution is -2.31. The van der Waals surface area contributed by atoms with Crippen LogP contribution in [0, 0.1) is 5.41 Å². The van der Waals surface area contributed by atoms with Crippen LogP contribution in [0.2, 0.25) is 0 Å². The number of allylic oxidation sites excluding steroid dienone is 2. The largest absolute Gasteiger partial charge is 0.350 e. The number of carbonyl (C=O) groups excluding carboxylic acids is 1. The Morgan fingerprint density at radius 3 is 2.09 bits per heavy atom. The molecular weight excluding hydrogens is 470 g/mol. The molecule has 1 amide bonds. The summed E-state index contributed by atoms with van der Waals surface area (Å²) in [4.78, 5) is 16.9. The fourth-order valence-electron chi connectivity index (χ4n) is 2.78. The fraction of sp³-hybridized carbons (Fsp3) is 0.619. The van der Waals surface area contributed by atoms with Crippen molar-refractivity contribution >= 4 is 26.1 Å². The van der Waals surface area contributed by atoms with Crippen molar-refractivity contribution in [3.8, 4) is 0 Å². The predicted molar refractivity (Wildman–Crippen MR) is 127 cm³/mol. The molecule has 1 heterocycles. The van der Waals surface area contributed by atoms with E-state index >= 15 is 0 Å². The Kier molecular flexibility index (Phi) is 10.2. The van der Waals surface area contributed by atoms with Crippen LogP contribution < -0.4 is 10.6 Å². The van der Waals surface area contributed by atoms with Gasteiger partial charge in [-0.2, -0.15) is 16.8 Å². The van der Waals surface area contributed by atoms with Gasteiger partial charge in [-0.1, -0.05) is 46.8 Å². The topological polar surface area (TPSA) is 163 Å². The smallest absolute Gasteiger partial charge is 0.269 e. The fourth-order valence-corrected chi connectivity index (χ4v) is 3.54. The van der Waals surface area contributed by atoms with Crippen molar-refractivity contribution < 1.29 is 30.7 Å². The van der Waals surface area contributed by atoms with Crippen LogP contribution in [0.1, 0.15) is 62.8 Å². The van der Waals surface area contributed by atoms with Crippen LogP contribution in [0.15, 0.2) is 24.3 Å². The Balaban J connectivity index is 3.26. The third-order valence-electron chi connectivity index (χ3n) is 4.94. The van der Waals surface area contributed by atoms with Crippen molar-refractivity contribution in [2.75, 3.05) is 24.6 Å². The van der Waals surface area contributed by atoms with Crippen molar-refractivity contribution in [3.05, 3.63) is 41.2 Å². The third kappa shape index (κ3) is 11.7. The molecule has 188 valence electrons. The number of carbonyl (C=O) groups is 1. The molecule has 4 N–H and O–H groups in total. The van der Waals surface area contributed by atoms with E-state index < -0.39 is 43.1 Å². The second-order valence-electron chi connectivity index (χ2n) is 9.21. The summed E-state index contributed by atoms with van der Waals surface area (Å²) in [6.07, 6.45) is 4.90. The summed E-state index contributed by atoms with van der Waals surface area (Å²) in [7, 11) is -8.32. The number of nitrogens with zero attached hydrogens (tertiary/aromatic N) is 1. The zero-order valence-corrected chi connectivity index (χ0v) is 21.4. The van der Waals surface area contributed by atoms with E-state index in [1.165, 1.54) is 0 Å². The second-order valence-corrected chi connectivity index (χ2v) is 12.4. The van der Waals surface area contributed by atoms with Gasteiger partial charge in [0.1, 0.15) is 5.69 Å². The summed E-state index contributed by atoms with van der Waals surface area (Å²) in [5.74, 6) is -1.68. The van der Waals surface area contributed by atoms with Gasteiger partial charge in [-0.05, 0) is 29.5 Å².